The molecule has 0 aliphatic carbocycles. The summed E-state index contributed by atoms with van der Waals surface area (Å²) in [6, 6.07) is 6.49. The van der Waals surface area contributed by atoms with Gasteiger partial charge in [0.1, 0.15) is 0 Å². The smallest absolute Gasteiger partial charge is 0.0447 e. The molecule has 1 aliphatic heterocycles. The van der Waals surface area contributed by atoms with Gasteiger partial charge in [0.15, 0.2) is 0 Å². The molecule has 0 bridgehead atoms. The van der Waals surface area contributed by atoms with E-state index >= 15 is 0 Å². The van der Waals surface area contributed by atoms with Crippen LogP contribution in [-0.2, 0) is 6.54 Å². The van der Waals surface area contributed by atoms with E-state index in [9.17, 15) is 0 Å². The summed E-state index contributed by atoms with van der Waals surface area (Å²) in [6.07, 6.45) is 0. The zero-order valence-electron chi connectivity index (χ0n) is 8.96. The molecule has 0 aromatic heterocycles. The number of anilines is 1. The van der Waals surface area contributed by atoms with Gasteiger partial charge in [0.2, 0.25) is 0 Å². The summed E-state index contributed by atoms with van der Waals surface area (Å²) in [7, 11) is 0. The lowest BCUT2D eigenvalue weighted by molar-refractivity contribution is 0.761. The maximum absolute atomic E-state index is 5.76. The van der Waals surface area contributed by atoms with Crippen LogP contribution in [0.15, 0.2) is 18.2 Å². The van der Waals surface area contributed by atoms with Crippen molar-refractivity contribution < 1.29 is 0 Å². The molecule has 1 atom stereocenters. The van der Waals surface area contributed by atoms with Crippen molar-refractivity contribution in [1.82, 2.24) is 0 Å². The van der Waals surface area contributed by atoms with E-state index < -0.39 is 0 Å². The van der Waals surface area contributed by atoms with Crippen LogP contribution in [0.3, 0.4) is 0 Å². The first kappa shape index (κ1) is 9.53. The molecule has 0 saturated heterocycles. The van der Waals surface area contributed by atoms with Crippen LogP contribution in [0, 0.1) is 0 Å². The SMILES string of the molecule is CCN1CC(C)c2cccc(CN)c21. The van der Waals surface area contributed by atoms with Gasteiger partial charge >= 0.3 is 0 Å². The van der Waals surface area contributed by atoms with Crippen LogP contribution in [0.2, 0.25) is 0 Å². The van der Waals surface area contributed by atoms with Gasteiger partial charge in [0.05, 0.1) is 0 Å². The molecule has 1 aliphatic rings. The first-order valence-electron chi connectivity index (χ1n) is 5.34. The van der Waals surface area contributed by atoms with Gasteiger partial charge in [-0.05, 0) is 18.1 Å². The van der Waals surface area contributed by atoms with Crippen molar-refractivity contribution in [3.05, 3.63) is 29.3 Å². The van der Waals surface area contributed by atoms with E-state index in [0.29, 0.717) is 12.5 Å². The molecule has 2 rings (SSSR count). The monoisotopic (exact) mass is 190 g/mol. The van der Waals surface area contributed by atoms with Crippen molar-refractivity contribution in [3.63, 3.8) is 0 Å². The molecular weight excluding hydrogens is 172 g/mol. The maximum Gasteiger partial charge on any atom is 0.0447 e. The van der Waals surface area contributed by atoms with Crippen molar-refractivity contribution >= 4 is 5.69 Å². The summed E-state index contributed by atoms with van der Waals surface area (Å²) in [5.74, 6) is 0.649. The van der Waals surface area contributed by atoms with E-state index in [-0.39, 0.29) is 0 Å². The second kappa shape index (κ2) is 3.62. The molecule has 14 heavy (non-hydrogen) atoms. The Bertz CT molecular complexity index is 333. The second-order valence-corrected chi connectivity index (χ2v) is 4.00. The van der Waals surface area contributed by atoms with Gasteiger partial charge in [-0.3, -0.25) is 0 Å². The molecule has 76 valence electrons. The van der Waals surface area contributed by atoms with Crippen molar-refractivity contribution in [2.24, 2.45) is 5.73 Å². The van der Waals surface area contributed by atoms with Gasteiger partial charge in [-0.1, -0.05) is 25.1 Å². The lowest BCUT2D eigenvalue weighted by atomic mass is 10.0. The Labute approximate surface area is 85.7 Å². The zero-order valence-corrected chi connectivity index (χ0v) is 8.96. The van der Waals surface area contributed by atoms with Crippen LogP contribution in [0.4, 0.5) is 5.69 Å². The van der Waals surface area contributed by atoms with Crippen LogP contribution in [0.25, 0.3) is 0 Å². The number of hydrogen-bond acceptors (Lipinski definition) is 2. The third-order valence-corrected chi connectivity index (χ3v) is 3.09. The molecule has 0 amide bonds. The second-order valence-electron chi connectivity index (χ2n) is 4.00. The highest BCUT2D eigenvalue weighted by Crippen LogP contribution is 2.38. The van der Waals surface area contributed by atoms with Crippen molar-refractivity contribution in [2.75, 3.05) is 18.0 Å². The van der Waals surface area contributed by atoms with Gasteiger partial charge in [0, 0.05) is 31.2 Å². The minimum atomic E-state index is 0.645. The number of fused-ring (bicyclic) bond motifs is 1. The normalized spacial score (nSPS) is 19.9. The average molecular weight is 190 g/mol. The third-order valence-electron chi connectivity index (χ3n) is 3.09. The van der Waals surface area contributed by atoms with Crippen molar-refractivity contribution in [1.29, 1.82) is 0 Å². The number of nitrogens with zero attached hydrogens (tertiary/aromatic N) is 1. The first-order chi connectivity index (χ1) is 6.77. The molecule has 2 N–H and O–H groups in total. The number of hydrogen-bond donors (Lipinski definition) is 1. The zero-order chi connectivity index (χ0) is 10.1. The standard InChI is InChI=1S/C12H18N2/c1-3-14-8-9(2)11-6-4-5-10(7-13)12(11)14/h4-6,9H,3,7-8,13H2,1-2H3. The number of likely N-dealkylation sites (N-methyl/N-ethyl adjacent to an activating group) is 1. The highest BCUT2D eigenvalue weighted by Gasteiger charge is 2.25. The highest BCUT2D eigenvalue weighted by atomic mass is 15.1. The molecule has 1 unspecified atom stereocenters. The summed E-state index contributed by atoms with van der Waals surface area (Å²) in [5, 5.41) is 0. The van der Waals surface area contributed by atoms with E-state index in [1.807, 2.05) is 0 Å². The molecule has 0 spiro atoms. The molecule has 1 aromatic carbocycles. The van der Waals surface area contributed by atoms with E-state index in [4.69, 9.17) is 5.73 Å². The van der Waals surface area contributed by atoms with E-state index in [0.717, 1.165) is 13.1 Å². The average Bonchev–Trinajstić information content (AvgIpc) is 2.56. The maximum atomic E-state index is 5.76. The van der Waals surface area contributed by atoms with Crippen LogP contribution < -0.4 is 10.6 Å². The van der Waals surface area contributed by atoms with E-state index in [2.05, 4.69) is 36.9 Å². The molecule has 2 nitrogen and oxygen atoms in total. The lowest BCUT2D eigenvalue weighted by Gasteiger charge is -2.19. The number of nitrogens with two attached hydrogens (primary N) is 1. The van der Waals surface area contributed by atoms with Gasteiger partial charge in [-0.2, -0.15) is 0 Å². The van der Waals surface area contributed by atoms with Gasteiger partial charge < -0.3 is 10.6 Å². The largest absolute Gasteiger partial charge is 0.371 e. The molecular formula is C12H18N2. The number of rotatable bonds is 2. The van der Waals surface area contributed by atoms with Gasteiger partial charge in [-0.25, -0.2) is 0 Å². The summed E-state index contributed by atoms with van der Waals surface area (Å²) in [4.78, 5) is 2.43. The molecule has 1 aromatic rings. The number of benzene rings is 1. The van der Waals surface area contributed by atoms with Gasteiger partial charge in [-0.15, -0.1) is 0 Å². The van der Waals surface area contributed by atoms with Gasteiger partial charge in [0.25, 0.3) is 0 Å². The van der Waals surface area contributed by atoms with Crippen LogP contribution in [-0.4, -0.2) is 13.1 Å². The Morgan fingerprint density at radius 3 is 2.93 bits per heavy atom. The Balaban J connectivity index is 2.51. The first-order valence-corrected chi connectivity index (χ1v) is 5.34. The molecule has 1 heterocycles. The minimum absolute atomic E-state index is 0.645. The Morgan fingerprint density at radius 1 is 1.50 bits per heavy atom. The minimum Gasteiger partial charge on any atom is -0.371 e. The Hall–Kier alpha value is -1.02. The molecule has 0 fully saturated rings. The van der Waals surface area contributed by atoms with E-state index in [1.165, 1.54) is 16.8 Å². The fourth-order valence-corrected chi connectivity index (χ4v) is 2.37. The summed E-state index contributed by atoms with van der Waals surface area (Å²) >= 11 is 0. The van der Waals surface area contributed by atoms with Crippen LogP contribution >= 0.6 is 0 Å². The summed E-state index contributed by atoms with van der Waals surface area (Å²) < 4.78 is 0. The summed E-state index contributed by atoms with van der Waals surface area (Å²) in [5.41, 5.74) is 9.91. The quantitative estimate of drug-likeness (QED) is 0.773. The van der Waals surface area contributed by atoms with Crippen molar-refractivity contribution in [3.8, 4) is 0 Å². The number of para-hydroxylation sites is 1. The predicted octanol–water partition coefficient (Wildman–Crippen LogP) is 2.09. The molecule has 0 radical (unpaired) electrons. The van der Waals surface area contributed by atoms with E-state index in [1.54, 1.807) is 0 Å². The van der Waals surface area contributed by atoms with Crippen molar-refractivity contribution in [2.45, 2.75) is 26.3 Å². The summed E-state index contributed by atoms with van der Waals surface area (Å²) in [6.45, 7) is 7.35. The lowest BCUT2D eigenvalue weighted by Crippen LogP contribution is -2.21. The van der Waals surface area contributed by atoms with Crippen LogP contribution in [0.1, 0.15) is 30.9 Å². The highest BCUT2D eigenvalue weighted by molar-refractivity contribution is 5.65. The fourth-order valence-electron chi connectivity index (χ4n) is 2.37. The topological polar surface area (TPSA) is 29.3 Å². The molecule has 2 heteroatoms. The predicted molar refractivity (Wildman–Crippen MR) is 60.6 cm³/mol. The third kappa shape index (κ3) is 1.30. The van der Waals surface area contributed by atoms with Crippen LogP contribution in [0.5, 0.6) is 0 Å². The Morgan fingerprint density at radius 2 is 2.29 bits per heavy atom. The fraction of sp³-hybridized carbons (Fsp3) is 0.500. The Kier molecular flexibility index (Phi) is 2.46. The molecule has 0 saturated carbocycles.